The van der Waals surface area contributed by atoms with Gasteiger partial charge in [-0.2, -0.15) is 9.57 Å². The third-order valence-electron chi connectivity index (χ3n) is 5.95. The molecule has 10 heteroatoms. The number of piperazine rings is 1. The first-order valence-electron chi connectivity index (χ1n) is 11.4. The molecule has 2 aromatic rings. The van der Waals surface area contributed by atoms with Crippen molar-refractivity contribution >= 4 is 15.9 Å². The van der Waals surface area contributed by atoms with Crippen LogP contribution in [0.4, 0.5) is 0 Å². The maximum Gasteiger partial charge on any atom is 0.243 e. The Bertz CT molecular complexity index is 1230. The van der Waals surface area contributed by atoms with E-state index in [0.29, 0.717) is 56.5 Å². The molecule has 9 nitrogen and oxygen atoms in total. The minimum absolute atomic E-state index is 0.0698. The van der Waals surface area contributed by atoms with Crippen LogP contribution in [0.5, 0.6) is 11.5 Å². The van der Waals surface area contributed by atoms with Crippen molar-refractivity contribution in [1.29, 1.82) is 5.26 Å². The van der Waals surface area contributed by atoms with Gasteiger partial charge in [0.25, 0.3) is 0 Å². The predicted molar refractivity (Wildman–Crippen MR) is 129 cm³/mol. The van der Waals surface area contributed by atoms with E-state index in [0.717, 1.165) is 5.56 Å². The quantitative estimate of drug-likeness (QED) is 0.514. The molecule has 0 unspecified atom stereocenters. The second-order valence-corrected chi connectivity index (χ2v) is 10.3. The Morgan fingerprint density at radius 3 is 2.54 bits per heavy atom. The van der Waals surface area contributed by atoms with E-state index in [2.05, 4.69) is 12.6 Å². The van der Waals surface area contributed by atoms with E-state index in [1.54, 1.807) is 23.1 Å². The molecule has 0 spiro atoms. The summed E-state index contributed by atoms with van der Waals surface area (Å²) in [5.74, 6) is 0.891. The van der Waals surface area contributed by atoms with Crippen LogP contribution in [-0.4, -0.2) is 80.9 Å². The topological polar surface area (TPSA) is 103 Å². The summed E-state index contributed by atoms with van der Waals surface area (Å²) < 4.78 is 38.7. The maximum absolute atomic E-state index is 13.2. The zero-order chi connectivity index (χ0) is 24.8. The largest absolute Gasteiger partial charge is 0.486 e. The standard InChI is InChI=1S/C25H28N4O5S/c1-2-8-27(18-21-5-3-4-20(15-21)17-26)19-25(30)28-9-11-29(12-10-28)35(31,32)22-6-7-23-24(16-22)34-14-13-33-23/h2-7,15-16H,1,8-14,18-19H2. The molecular formula is C25H28N4O5S. The minimum Gasteiger partial charge on any atom is -0.486 e. The van der Waals surface area contributed by atoms with Crippen molar-refractivity contribution in [3.63, 3.8) is 0 Å². The summed E-state index contributed by atoms with van der Waals surface area (Å²) >= 11 is 0. The average molecular weight is 497 g/mol. The summed E-state index contributed by atoms with van der Waals surface area (Å²) in [7, 11) is -3.71. The Morgan fingerprint density at radius 2 is 1.83 bits per heavy atom. The number of carbonyl (C=O) groups is 1. The van der Waals surface area contributed by atoms with Gasteiger partial charge in [0.1, 0.15) is 13.2 Å². The van der Waals surface area contributed by atoms with Crippen LogP contribution in [0.15, 0.2) is 60.0 Å². The van der Waals surface area contributed by atoms with Gasteiger partial charge in [-0.1, -0.05) is 18.2 Å². The Morgan fingerprint density at radius 1 is 1.09 bits per heavy atom. The number of nitrogens with zero attached hydrogens (tertiary/aromatic N) is 4. The van der Waals surface area contributed by atoms with Crippen molar-refractivity contribution in [3.05, 3.63) is 66.2 Å². The SMILES string of the molecule is C=CCN(CC(=O)N1CCN(S(=O)(=O)c2ccc3c(c2)OCCO3)CC1)Cc1cccc(C#N)c1. The molecule has 35 heavy (non-hydrogen) atoms. The highest BCUT2D eigenvalue weighted by Crippen LogP contribution is 2.33. The molecule has 2 aliphatic rings. The first-order valence-corrected chi connectivity index (χ1v) is 12.8. The highest BCUT2D eigenvalue weighted by Gasteiger charge is 2.31. The molecule has 0 saturated carbocycles. The average Bonchev–Trinajstić information content (AvgIpc) is 2.88. The second kappa shape index (κ2) is 10.9. The van der Waals surface area contributed by atoms with Gasteiger partial charge in [0.2, 0.25) is 15.9 Å². The van der Waals surface area contributed by atoms with Gasteiger partial charge in [-0.25, -0.2) is 8.42 Å². The van der Waals surface area contributed by atoms with Crippen molar-refractivity contribution < 1.29 is 22.7 Å². The van der Waals surface area contributed by atoms with Crippen molar-refractivity contribution in [3.8, 4) is 17.6 Å². The van der Waals surface area contributed by atoms with E-state index in [9.17, 15) is 13.2 Å². The van der Waals surface area contributed by atoms with Gasteiger partial charge < -0.3 is 14.4 Å². The number of carbonyl (C=O) groups excluding carboxylic acids is 1. The minimum atomic E-state index is -3.71. The Labute approximate surface area is 205 Å². The van der Waals surface area contributed by atoms with Gasteiger partial charge in [0.05, 0.1) is 23.1 Å². The summed E-state index contributed by atoms with van der Waals surface area (Å²) in [6.45, 7) is 6.85. The van der Waals surface area contributed by atoms with Crippen LogP contribution in [0.3, 0.4) is 0 Å². The van der Waals surface area contributed by atoms with Gasteiger partial charge in [0.15, 0.2) is 11.5 Å². The highest BCUT2D eigenvalue weighted by molar-refractivity contribution is 7.89. The zero-order valence-corrected chi connectivity index (χ0v) is 20.2. The van der Waals surface area contributed by atoms with Crippen LogP contribution in [0.2, 0.25) is 0 Å². The molecule has 2 heterocycles. The fraction of sp³-hybridized carbons (Fsp3) is 0.360. The van der Waals surface area contributed by atoms with Crippen molar-refractivity contribution in [2.75, 3.05) is 52.5 Å². The van der Waals surface area contributed by atoms with Crippen molar-refractivity contribution in [2.45, 2.75) is 11.4 Å². The highest BCUT2D eigenvalue weighted by atomic mass is 32.2. The third-order valence-corrected chi connectivity index (χ3v) is 7.85. The molecular weight excluding hydrogens is 468 g/mol. The van der Waals surface area contributed by atoms with E-state index in [1.807, 2.05) is 23.1 Å². The lowest BCUT2D eigenvalue weighted by Gasteiger charge is -2.35. The Balaban J connectivity index is 1.36. The van der Waals surface area contributed by atoms with Gasteiger partial charge in [0, 0.05) is 45.3 Å². The fourth-order valence-electron chi connectivity index (χ4n) is 4.17. The number of amides is 1. The monoisotopic (exact) mass is 496 g/mol. The number of rotatable bonds is 8. The molecule has 4 rings (SSSR count). The molecule has 0 radical (unpaired) electrons. The van der Waals surface area contributed by atoms with Crippen LogP contribution < -0.4 is 9.47 Å². The van der Waals surface area contributed by atoms with E-state index < -0.39 is 10.0 Å². The number of sulfonamides is 1. The molecule has 0 aliphatic carbocycles. The third kappa shape index (κ3) is 5.82. The number of nitriles is 1. The maximum atomic E-state index is 13.2. The van der Waals surface area contributed by atoms with E-state index in [1.165, 1.54) is 16.4 Å². The molecule has 2 aliphatic heterocycles. The fourth-order valence-corrected chi connectivity index (χ4v) is 5.61. The van der Waals surface area contributed by atoms with Crippen LogP contribution >= 0.6 is 0 Å². The van der Waals surface area contributed by atoms with E-state index in [4.69, 9.17) is 14.7 Å². The molecule has 1 saturated heterocycles. The lowest BCUT2D eigenvalue weighted by atomic mass is 10.1. The normalized spacial score (nSPS) is 16.1. The Kier molecular flexibility index (Phi) is 7.70. The first-order chi connectivity index (χ1) is 16.9. The van der Waals surface area contributed by atoms with Gasteiger partial charge in [-0.15, -0.1) is 6.58 Å². The van der Waals surface area contributed by atoms with Crippen molar-refractivity contribution in [2.24, 2.45) is 0 Å². The molecule has 0 N–H and O–H groups in total. The summed E-state index contributed by atoms with van der Waals surface area (Å²) in [5.41, 5.74) is 1.51. The summed E-state index contributed by atoms with van der Waals surface area (Å²) in [6.07, 6.45) is 1.74. The number of hydrogen-bond acceptors (Lipinski definition) is 7. The van der Waals surface area contributed by atoms with Crippen LogP contribution in [0.25, 0.3) is 0 Å². The molecule has 0 atom stereocenters. The number of hydrogen-bond donors (Lipinski definition) is 0. The summed E-state index contributed by atoms with van der Waals surface area (Å²) in [5, 5.41) is 9.12. The number of fused-ring (bicyclic) bond motifs is 1. The molecule has 2 aromatic carbocycles. The summed E-state index contributed by atoms with van der Waals surface area (Å²) in [6, 6.07) is 14.0. The smallest absolute Gasteiger partial charge is 0.243 e. The molecule has 1 fully saturated rings. The summed E-state index contributed by atoms with van der Waals surface area (Å²) in [4.78, 5) is 16.8. The molecule has 1 amide bonds. The first kappa shape index (κ1) is 24.7. The lowest BCUT2D eigenvalue weighted by molar-refractivity contribution is -0.133. The number of ether oxygens (including phenoxy) is 2. The number of benzene rings is 2. The van der Waals surface area contributed by atoms with Crippen molar-refractivity contribution in [1.82, 2.24) is 14.1 Å². The van der Waals surface area contributed by atoms with Crippen LogP contribution in [-0.2, 0) is 21.4 Å². The predicted octanol–water partition coefficient (Wildman–Crippen LogP) is 1.85. The Hall–Kier alpha value is -3.39. The van der Waals surface area contributed by atoms with Crippen LogP contribution in [0, 0.1) is 11.3 Å². The molecule has 0 aromatic heterocycles. The van der Waals surface area contributed by atoms with Gasteiger partial charge >= 0.3 is 0 Å². The van der Waals surface area contributed by atoms with Gasteiger partial charge in [-0.05, 0) is 29.8 Å². The van der Waals surface area contributed by atoms with E-state index in [-0.39, 0.29) is 30.4 Å². The zero-order valence-electron chi connectivity index (χ0n) is 19.4. The second-order valence-electron chi connectivity index (χ2n) is 8.36. The van der Waals surface area contributed by atoms with Crippen LogP contribution in [0.1, 0.15) is 11.1 Å². The molecule has 184 valence electrons. The molecule has 0 bridgehead atoms. The van der Waals surface area contributed by atoms with E-state index >= 15 is 0 Å². The van der Waals surface area contributed by atoms with Gasteiger partial charge in [-0.3, -0.25) is 9.69 Å². The lowest BCUT2D eigenvalue weighted by Crippen LogP contribution is -2.52.